The number of hydrogen-bond acceptors (Lipinski definition) is 6. The van der Waals surface area contributed by atoms with Gasteiger partial charge in [0.05, 0.1) is 0 Å². The second kappa shape index (κ2) is 37.2. The number of rotatable bonds is 37. The Labute approximate surface area is 291 Å². The van der Waals surface area contributed by atoms with E-state index < -0.39 is 6.10 Å². The van der Waals surface area contributed by atoms with E-state index >= 15 is 0 Å². The predicted molar refractivity (Wildman–Crippen MR) is 197 cm³/mol. The number of esters is 3. The highest BCUT2D eigenvalue weighted by molar-refractivity contribution is 5.71. The van der Waals surface area contributed by atoms with E-state index in [1.54, 1.807) is 0 Å². The molecule has 0 fully saturated rings. The van der Waals surface area contributed by atoms with Crippen molar-refractivity contribution in [2.75, 3.05) is 13.2 Å². The first-order valence-corrected chi connectivity index (χ1v) is 20.5. The summed E-state index contributed by atoms with van der Waals surface area (Å²) in [4.78, 5) is 37.4. The molecule has 0 spiro atoms. The molecule has 0 aliphatic heterocycles. The van der Waals surface area contributed by atoms with Gasteiger partial charge in [0.2, 0.25) is 0 Å². The molecule has 0 aromatic heterocycles. The van der Waals surface area contributed by atoms with Crippen LogP contribution in [0.25, 0.3) is 0 Å². The van der Waals surface area contributed by atoms with Crippen molar-refractivity contribution >= 4 is 17.9 Å². The van der Waals surface area contributed by atoms with Gasteiger partial charge in [0.15, 0.2) is 6.10 Å². The van der Waals surface area contributed by atoms with E-state index in [0.29, 0.717) is 19.3 Å². The highest BCUT2D eigenvalue weighted by Gasteiger charge is 2.19. The third-order valence-electron chi connectivity index (χ3n) is 9.11. The van der Waals surface area contributed by atoms with Gasteiger partial charge in [-0.1, -0.05) is 188 Å². The Kier molecular flexibility index (Phi) is 36.0. The quantitative estimate of drug-likeness (QED) is 0.0373. The summed E-state index contributed by atoms with van der Waals surface area (Å²) in [7, 11) is 0. The molecule has 278 valence electrons. The average Bonchev–Trinajstić information content (AvgIpc) is 3.06. The Morgan fingerprint density at radius 3 is 0.851 bits per heavy atom. The number of carbonyl (C=O) groups excluding carboxylic acids is 3. The molecule has 47 heavy (non-hydrogen) atoms. The van der Waals surface area contributed by atoms with E-state index in [4.69, 9.17) is 14.2 Å². The van der Waals surface area contributed by atoms with E-state index in [1.165, 1.54) is 128 Å². The molecule has 0 aromatic carbocycles. The summed E-state index contributed by atoms with van der Waals surface area (Å²) in [6.07, 6.45) is 35.2. The first-order chi connectivity index (χ1) is 23.0. The zero-order valence-corrected chi connectivity index (χ0v) is 31.6. The lowest BCUT2D eigenvalue weighted by molar-refractivity contribution is -0.167. The van der Waals surface area contributed by atoms with Gasteiger partial charge in [-0.25, -0.2) is 0 Å². The van der Waals surface area contributed by atoms with Gasteiger partial charge in [-0.15, -0.1) is 0 Å². The molecule has 0 N–H and O–H groups in total. The molecule has 6 heteroatoms. The molecule has 0 bridgehead atoms. The van der Waals surface area contributed by atoms with Gasteiger partial charge in [0.1, 0.15) is 13.2 Å². The van der Waals surface area contributed by atoms with E-state index in [-0.39, 0.29) is 31.1 Å². The van der Waals surface area contributed by atoms with E-state index in [0.717, 1.165) is 57.8 Å². The summed E-state index contributed by atoms with van der Waals surface area (Å²) in [6, 6.07) is 0. The maximum absolute atomic E-state index is 12.6. The van der Waals surface area contributed by atoms with Gasteiger partial charge in [-0.05, 0) is 19.3 Å². The highest BCUT2D eigenvalue weighted by Crippen LogP contribution is 2.15. The molecule has 0 rings (SSSR count). The molecule has 0 aliphatic rings. The van der Waals surface area contributed by atoms with Crippen LogP contribution in [0.2, 0.25) is 0 Å². The Morgan fingerprint density at radius 1 is 0.340 bits per heavy atom. The Bertz CT molecular complexity index is 693. The van der Waals surface area contributed by atoms with Crippen LogP contribution in [-0.4, -0.2) is 37.2 Å². The fourth-order valence-corrected chi connectivity index (χ4v) is 5.97. The van der Waals surface area contributed by atoms with Gasteiger partial charge >= 0.3 is 17.9 Å². The fraction of sp³-hybridized carbons (Fsp3) is 0.927. The van der Waals surface area contributed by atoms with Crippen LogP contribution < -0.4 is 0 Å². The van der Waals surface area contributed by atoms with Crippen LogP contribution in [0, 0.1) is 0 Å². The van der Waals surface area contributed by atoms with Crippen molar-refractivity contribution in [3.63, 3.8) is 0 Å². The molecule has 0 saturated heterocycles. The van der Waals surface area contributed by atoms with Crippen LogP contribution in [0.1, 0.15) is 226 Å². The van der Waals surface area contributed by atoms with E-state index in [2.05, 4.69) is 20.8 Å². The van der Waals surface area contributed by atoms with Crippen LogP contribution in [0.5, 0.6) is 0 Å². The largest absolute Gasteiger partial charge is 0.462 e. The molecule has 0 heterocycles. The average molecular weight is 667 g/mol. The van der Waals surface area contributed by atoms with Gasteiger partial charge in [-0.3, -0.25) is 14.4 Å². The van der Waals surface area contributed by atoms with E-state index in [1.807, 2.05) is 0 Å². The number of carbonyl (C=O) groups is 3. The molecular formula is C41H78O6. The SMILES string of the molecule is CCCCCCCCCCCCCCC(=O)OCC(COC(=O)CCCCCCCCCC)OC(=O)CCCCCCCCCCC. The minimum Gasteiger partial charge on any atom is -0.462 e. The van der Waals surface area contributed by atoms with Gasteiger partial charge in [0, 0.05) is 19.3 Å². The van der Waals surface area contributed by atoms with Gasteiger partial charge in [-0.2, -0.15) is 0 Å². The zero-order chi connectivity index (χ0) is 34.5. The molecule has 0 amide bonds. The number of hydrogen-bond donors (Lipinski definition) is 0. The molecule has 1 unspecified atom stereocenters. The summed E-state index contributed by atoms with van der Waals surface area (Å²) in [6.45, 7) is 6.58. The van der Waals surface area contributed by atoms with Crippen molar-refractivity contribution < 1.29 is 28.6 Å². The van der Waals surface area contributed by atoms with Crippen molar-refractivity contribution in [2.45, 2.75) is 232 Å². The monoisotopic (exact) mass is 667 g/mol. The first kappa shape index (κ1) is 45.4. The normalized spacial score (nSPS) is 11.8. The van der Waals surface area contributed by atoms with Gasteiger partial charge in [0.25, 0.3) is 0 Å². The van der Waals surface area contributed by atoms with Crippen LogP contribution in [0.3, 0.4) is 0 Å². The smallest absolute Gasteiger partial charge is 0.306 e. The van der Waals surface area contributed by atoms with Crippen molar-refractivity contribution in [3.05, 3.63) is 0 Å². The maximum atomic E-state index is 12.6. The fourth-order valence-electron chi connectivity index (χ4n) is 5.97. The molecule has 1 atom stereocenters. The topological polar surface area (TPSA) is 78.9 Å². The molecule has 0 aromatic rings. The second-order valence-corrected chi connectivity index (χ2v) is 13.9. The predicted octanol–water partition coefficient (Wildman–Crippen LogP) is 12.5. The van der Waals surface area contributed by atoms with Crippen LogP contribution >= 0.6 is 0 Å². The first-order valence-electron chi connectivity index (χ1n) is 20.5. The minimum atomic E-state index is -0.755. The maximum Gasteiger partial charge on any atom is 0.306 e. The van der Waals surface area contributed by atoms with Crippen molar-refractivity contribution in [3.8, 4) is 0 Å². The Balaban J connectivity index is 4.30. The van der Waals surface area contributed by atoms with Crippen LogP contribution in [0.4, 0.5) is 0 Å². The number of ether oxygens (including phenoxy) is 3. The molecule has 0 saturated carbocycles. The number of unbranched alkanes of at least 4 members (excludes halogenated alkanes) is 26. The zero-order valence-electron chi connectivity index (χ0n) is 31.6. The standard InChI is InChI=1S/C41H78O6/c1-4-7-10-13-16-19-20-21-23-25-28-31-34-40(43)46-37-38(36-45-39(42)33-30-27-24-18-15-12-9-6-3)47-41(44)35-32-29-26-22-17-14-11-8-5-2/h38H,4-37H2,1-3H3. The summed E-state index contributed by atoms with van der Waals surface area (Å²) in [5, 5.41) is 0. The van der Waals surface area contributed by atoms with Crippen molar-refractivity contribution in [1.82, 2.24) is 0 Å². The summed E-state index contributed by atoms with van der Waals surface area (Å²) in [5.41, 5.74) is 0. The van der Waals surface area contributed by atoms with Crippen molar-refractivity contribution in [1.29, 1.82) is 0 Å². The summed E-state index contributed by atoms with van der Waals surface area (Å²) >= 11 is 0. The Morgan fingerprint density at radius 2 is 0.574 bits per heavy atom. The lowest BCUT2D eigenvalue weighted by Gasteiger charge is -2.18. The van der Waals surface area contributed by atoms with Crippen LogP contribution in [0.15, 0.2) is 0 Å². The van der Waals surface area contributed by atoms with Crippen molar-refractivity contribution in [2.24, 2.45) is 0 Å². The third-order valence-corrected chi connectivity index (χ3v) is 9.11. The lowest BCUT2D eigenvalue weighted by atomic mass is 10.0. The minimum absolute atomic E-state index is 0.0639. The lowest BCUT2D eigenvalue weighted by Crippen LogP contribution is -2.30. The second-order valence-electron chi connectivity index (χ2n) is 13.9. The van der Waals surface area contributed by atoms with Crippen LogP contribution in [-0.2, 0) is 28.6 Å². The van der Waals surface area contributed by atoms with E-state index in [9.17, 15) is 14.4 Å². The molecule has 0 radical (unpaired) electrons. The van der Waals surface area contributed by atoms with Gasteiger partial charge < -0.3 is 14.2 Å². The summed E-state index contributed by atoms with van der Waals surface area (Å²) in [5.74, 6) is -0.866. The Hall–Kier alpha value is -1.59. The summed E-state index contributed by atoms with van der Waals surface area (Å²) < 4.78 is 16.6. The molecule has 6 nitrogen and oxygen atoms in total. The molecular weight excluding hydrogens is 588 g/mol. The highest BCUT2D eigenvalue weighted by atomic mass is 16.6. The molecule has 0 aliphatic carbocycles. The third kappa shape index (κ3) is 35.5.